The average Bonchev–Trinajstić information content (AvgIpc) is 2.88. The van der Waals surface area contributed by atoms with E-state index in [1.165, 1.54) is 0 Å². The van der Waals surface area contributed by atoms with Crippen LogP contribution in [0, 0.1) is 11.3 Å². The number of nitrogens with zero attached hydrogens (tertiary/aromatic N) is 3. The monoisotopic (exact) mass is 525 g/mol. The summed E-state index contributed by atoms with van der Waals surface area (Å²) >= 11 is 12.8. The zero-order valence-electron chi connectivity index (χ0n) is 20.1. The van der Waals surface area contributed by atoms with E-state index in [4.69, 9.17) is 33.0 Å². The zero-order valence-corrected chi connectivity index (χ0v) is 21.6. The Labute approximate surface area is 221 Å². The van der Waals surface area contributed by atoms with Gasteiger partial charge in [0.1, 0.15) is 12.4 Å². The third kappa shape index (κ3) is 6.12. The van der Waals surface area contributed by atoms with Crippen molar-refractivity contribution in [3.05, 3.63) is 93.5 Å². The molecule has 3 aromatic rings. The van der Waals surface area contributed by atoms with Gasteiger partial charge < -0.3 is 19.8 Å². The molecule has 8 heteroatoms. The fraction of sp³-hybridized carbons (Fsp3) is 0.321. The zero-order chi connectivity index (χ0) is 25.7. The van der Waals surface area contributed by atoms with Gasteiger partial charge in [-0.3, -0.25) is 4.90 Å². The van der Waals surface area contributed by atoms with Gasteiger partial charge >= 0.3 is 0 Å². The molecule has 0 bridgehead atoms. The maximum Gasteiger partial charge on any atom is 0.121 e. The molecule has 0 saturated carbocycles. The summed E-state index contributed by atoms with van der Waals surface area (Å²) in [6.45, 7) is 4.42. The van der Waals surface area contributed by atoms with Crippen LogP contribution in [-0.4, -0.2) is 54.5 Å². The molecule has 0 aliphatic carbocycles. The molecule has 1 aliphatic rings. The van der Waals surface area contributed by atoms with Crippen LogP contribution in [-0.2, 0) is 5.60 Å². The molecule has 0 spiro atoms. The molecule has 4 rings (SSSR count). The number of hydrogen-bond acceptors (Lipinski definition) is 6. The third-order valence-electron chi connectivity index (χ3n) is 6.45. The van der Waals surface area contributed by atoms with E-state index in [1.54, 1.807) is 31.2 Å². The van der Waals surface area contributed by atoms with Crippen molar-refractivity contribution >= 4 is 28.9 Å². The maximum absolute atomic E-state index is 11.3. The lowest BCUT2D eigenvalue weighted by Crippen LogP contribution is -2.52. The van der Waals surface area contributed by atoms with Gasteiger partial charge in [0.2, 0.25) is 0 Å². The molecule has 188 valence electrons. The van der Waals surface area contributed by atoms with Crippen LogP contribution in [0.3, 0.4) is 0 Å². The number of β-amino-alcohol motifs (C(OH)–C–C–N with tert-alkyl or cyclic N) is 1. The quantitative estimate of drug-likeness (QED) is 0.430. The maximum atomic E-state index is 11.3. The smallest absolute Gasteiger partial charge is 0.121 e. The molecule has 2 atom stereocenters. The molecule has 3 aromatic carbocycles. The molecule has 0 unspecified atom stereocenters. The summed E-state index contributed by atoms with van der Waals surface area (Å²) < 4.78 is 5.51. The molecular weight excluding hydrogens is 497 g/mol. The van der Waals surface area contributed by atoms with Gasteiger partial charge in [0, 0.05) is 37.3 Å². The lowest BCUT2D eigenvalue weighted by molar-refractivity contribution is 0.0103. The topological polar surface area (TPSA) is 80.0 Å². The standard InChI is InChI=1S/C28H29Cl2N3O3/c1-28(35,22-4-2-3-20(15-22)17-31)19-32-11-12-33(27(18-32)21-5-7-23(29)8-6-21)26-10-9-24(16-25(26)30)36-14-13-34/h2-10,15-16,27,34-35H,11-14,18-19H2,1H3/t27-,28+/m0/s1. The summed E-state index contributed by atoms with van der Waals surface area (Å²) in [5.41, 5.74) is 2.10. The van der Waals surface area contributed by atoms with Gasteiger partial charge in [-0.25, -0.2) is 0 Å². The second-order valence-electron chi connectivity index (χ2n) is 9.15. The number of aliphatic hydroxyl groups excluding tert-OH is 1. The Balaban J connectivity index is 1.59. The number of rotatable bonds is 8. The Morgan fingerprint density at radius 3 is 2.56 bits per heavy atom. The first-order chi connectivity index (χ1) is 17.3. The molecule has 1 heterocycles. The first-order valence-electron chi connectivity index (χ1n) is 11.8. The lowest BCUT2D eigenvalue weighted by Gasteiger charge is -2.45. The molecule has 0 amide bonds. The minimum atomic E-state index is -1.12. The van der Waals surface area contributed by atoms with Crippen LogP contribution in [0.2, 0.25) is 10.0 Å². The molecule has 0 radical (unpaired) electrons. The van der Waals surface area contributed by atoms with Crippen molar-refractivity contribution in [1.82, 2.24) is 4.90 Å². The summed E-state index contributed by atoms with van der Waals surface area (Å²) in [5, 5.41) is 30.9. The molecule has 36 heavy (non-hydrogen) atoms. The van der Waals surface area contributed by atoms with Crippen molar-refractivity contribution in [2.45, 2.75) is 18.6 Å². The van der Waals surface area contributed by atoms with Gasteiger partial charge in [-0.15, -0.1) is 0 Å². The number of ether oxygens (including phenoxy) is 1. The van der Waals surface area contributed by atoms with Crippen LogP contribution < -0.4 is 9.64 Å². The summed E-state index contributed by atoms with van der Waals surface area (Å²) in [7, 11) is 0. The van der Waals surface area contributed by atoms with Crippen molar-refractivity contribution in [2.24, 2.45) is 0 Å². The Hall–Kier alpha value is -2.79. The van der Waals surface area contributed by atoms with Gasteiger partial charge in [-0.05, 0) is 54.4 Å². The fourth-order valence-electron chi connectivity index (χ4n) is 4.67. The van der Waals surface area contributed by atoms with Crippen LogP contribution in [0.25, 0.3) is 0 Å². The third-order valence-corrected chi connectivity index (χ3v) is 7.01. The second kappa shape index (κ2) is 11.5. The van der Waals surface area contributed by atoms with E-state index < -0.39 is 5.60 Å². The number of anilines is 1. The largest absolute Gasteiger partial charge is 0.491 e. The van der Waals surface area contributed by atoms with Crippen LogP contribution in [0.15, 0.2) is 66.7 Å². The van der Waals surface area contributed by atoms with Crippen LogP contribution >= 0.6 is 23.2 Å². The highest BCUT2D eigenvalue weighted by Crippen LogP contribution is 2.38. The average molecular weight is 526 g/mol. The summed E-state index contributed by atoms with van der Waals surface area (Å²) in [6.07, 6.45) is 0. The molecule has 6 nitrogen and oxygen atoms in total. The molecule has 1 saturated heterocycles. The minimum Gasteiger partial charge on any atom is -0.491 e. The van der Waals surface area contributed by atoms with Gasteiger partial charge in [0.15, 0.2) is 0 Å². The van der Waals surface area contributed by atoms with Crippen molar-refractivity contribution in [1.29, 1.82) is 5.26 Å². The van der Waals surface area contributed by atoms with E-state index >= 15 is 0 Å². The first kappa shape index (κ1) is 26.3. The van der Waals surface area contributed by atoms with Crippen LogP contribution in [0.4, 0.5) is 5.69 Å². The number of nitriles is 1. The Morgan fingerprint density at radius 1 is 1.08 bits per heavy atom. The molecule has 1 aliphatic heterocycles. The van der Waals surface area contributed by atoms with E-state index in [1.807, 2.05) is 42.5 Å². The van der Waals surface area contributed by atoms with E-state index in [0.717, 1.165) is 17.8 Å². The van der Waals surface area contributed by atoms with Crippen molar-refractivity contribution in [3.8, 4) is 11.8 Å². The lowest BCUT2D eigenvalue weighted by atomic mass is 9.92. The minimum absolute atomic E-state index is 0.0287. The van der Waals surface area contributed by atoms with Crippen molar-refractivity contribution in [3.63, 3.8) is 0 Å². The summed E-state index contributed by atoms with van der Waals surface area (Å²) in [4.78, 5) is 4.50. The highest BCUT2D eigenvalue weighted by Gasteiger charge is 2.34. The second-order valence-corrected chi connectivity index (χ2v) is 9.99. The van der Waals surface area contributed by atoms with Crippen molar-refractivity contribution in [2.75, 3.05) is 44.3 Å². The van der Waals surface area contributed by atoms with Crippen LogP contribution in [0.1, 0.15) is 29.7 Å². The fourth-order valence-corrected chi connectivity index (χ4v) is 5.07. The number of benzene rings is 3. The van der Waals surface area contributed by atoms with Gasteiger partial charge in [-0.2, -0.15) is 5.26 Å². The van der Waals surface area contributed by atoms with E-state index in [0.29, 0.717) is 46.6 Å². The summed E-state index contributed by atoms with van der Waals surface area (Å²) in [6, 6.07) is 22.6. The predicted molar refractivity (Wildman–Crippen MR) is 143 cm³/mol. The van der Waals surface area contributed by atoms with E-state index in [2.05, 4.69) is 15.9 Å². The predicted octanol–water partition coefficient (Wildman–Crippen LogP) is 5.01. The Morgan fingerprint density at radius 2 is 1.86 bits per heavy atom. The molecule has 2 N–H and O–H groups in total. The van der Waals surface area contributed by atoms with Gasteiger partial charge in [0.25, 0.3) is 0 Å². The SMILES string of the molecule is C[C@@](O)(CN1CCN(c2ccc(OCCO)cc2Cl)[C@H](c2ccc(Cl)cc2)C1)c1cccc(C#N)c1. The van der Waals surface area contributed by atoms with Gasteiger partial charge in [-0.1, -0.05) is 47.5 Å². The van der Waals surface area contributed by atoms with Gasteiger partial charge in [0.05, 0.1) is 40.6 Å². The van der Waals surface area contributed by atoms with Crippen LogP contribution in [0.5, 0.6) is 5.75 Å². The number of piperazine rings is 1. The van der Waals surface area contributed by atoms with E-state index in [-0.39, 0.29) is 19.3 Å². The number of halogens is 2. The van der Waals surface area contributed by atoms with Crippen molar-refractivity contribution < 1.29 is 14.9 Å². The Kier molecular flexibility index (Phi) is 8.40. The number of aliphatic hydroxyl groups is 2. The molecular formula is C28H29Cl2N3O3. The number of hydrogen-bond donors (Lipinski definition) is 2. The molecule has 1 fully saturated rings. The molecule has 0 aromatic heterocycles. The first-order valence-corrected chi connectivity index (χ1v) is 12.6. The Bertz CT molecular complexity index is 1230. The highest BCUT2D eigenvalue weighted by atomic mass is 35.5. The van der Waals surface area contributed by atoms with E-state index in [9.17, 15) is 10.4 Å². The highest BCUT2D eigenvalue weighted by molar-refractivity contribution is 6.33. The normalized spacial score (nSPS) is 17.9. The summed E-state index contributed by atoms with van der Waals surface area (Å²) in [5.74, 6) is 0.607.